The minimum Gasteiger partial charge on any atom is -0.456 e. The molecule has 0 spiro atoms. The van der Waals surface area contributed by atoms with E-state index in [1.165, 1.54) is 6.42 Å². The molecular formula is C18H24F2N2O5S. The molecule has 0 bridgehead atoms. The Morgan fingerprint density at radius 2 is 1.86 bits per heavy atom. The zero-order valence-electron chi connectivity index (χ0n) is 15.4. The molecule has 0 saturated heterocycles. The van der Waals surface area contributed by atoms with Crippen LogP contribution in [-0.4, -0.2) is 39.5 Å². The second kappa shape index (κ2) is 10.5. The quantitative estimate of drug-likeness (QED) is 0.472. The lowest BCUT2D eigenvalue weighted by Gasteiger charge is -2.22. The molecule has 0 radical (unpaired) electrons. The first-order valence-corrected chi connectivity index (χ1v) is 10.7. The van der Waals surface area contributed by atoms with E-state index in [9.17, 15) is 26.8 Å². The highest BCUT2D eigenvalue weighted by atomic mass is 32.2. The van der Waals surface area contributed by atoms with E-state index in [-0.39, 0.29) is 37.9 Å². The van der Waals surface area contributed by atoms with E-state index in [0.29, 0.717) is 6.07 Å². The number of carbonyl (C=O) groups is 2. The summed E-state index contributed by atoms with van der Waals surface area (Å²) >= 11 is 0. The summed E-state index contributed by atoms with van der Waals surface area (Å²) in [5.74, 6) is -3.07. The van der Waals surface area contributed by atoms with Crippen LogP contribution in [0.25, 0.3) is 0 Å². The van der Waals surface area contributed by atoms with E-state index in [0.717, 1.165) is 37.8 Å². The fourth-order valence-electron chi connectivity index (χ4n) is 2.94. The average Bonchev–Trinajstić information content (AvgIpc) is 2.64. The van der Waals surface area contributed by atoms with Crippen molar-refractivity contribution in [2.75, 3.05) is 13.2 Å². The Kier molecular flexibility index (Phi) is 8.31. The molecule has 7 nitrogen and oxygen atoms in total. The van der Waals surface area contributed by atoms with Crippen molar-refractivity contribution in [3.63, 3.8) is 0 Å². The highest BCUT2D eigenvalue weighted by Crippen LogP contribution is 2.17. The van der Waals surface area contributed by atoms with Crippen molar-refractivity contribution in [3.05, 3.63) is 29.8 Å². The van der Waals surface area contributed by atoms with Gasteiger partial charge in [-0.1, -0.05) is 19.3 Å². The van der Waals surface area contributed by atoms with Gasteiger partial charge in [0.1, 0.15) is 16.5 Å². The van der Waals surface area contributed by atoms with Crippen molar-refractivity contribution >= 4 is 21.9 Å². The number of nitrogens with one attached hydrogen (secondary N) is 2. The maximum Gasteiger partial charge on any atom is 0.306 e. The Bertz CT molecular complexity index is 795. The number of hydrogen-bond donors (Lipinski definition) is 2. The highest BCUT2D eigenvalue weighted by molar-refractivity contribution is 7.89. The number of rotatable bonds is 9. The monoisotopic (exact) mass is 418 g/mol. The Balaban J connectivity index is 1.65. The first-order chi connectivity index (χ1) is 13.3. The van der Waals surface area contributed by atoms with E-state index < -0.39 is 32.5 Å². The third kappa shape index (κ3) is 7.16. The Hall–Kier alpha value is -2.07. The molecule has 1 aromatic rings. The molecule has 156 valence electrons. The van der Waals surface area contributed by atoms with Gasteiger partial charge >= 0.3 is 5.97 Å². The van der Waals surface area contributed by atoms with E-state index >= 15 is 0 Å². The maximum absolute atomic E-state index is 13.6. The van der Waals surface area contributed by atoms with Crippen LogP contribution in [0.3, 0.4) is 0 Å². The second-order valence-electron chi connectivity index (χ2n) is 6.64. The van der Waals surface area contributed by atoms with Crippen LogP contribution >= 0.6 is 0 Å². The zero-order valence-corrected chi connectivity index (χ0v) is 16.2. The highest BCUT2D eigenvalue weighted by Gasteiger charge is 2.19. The number of esters is 1. The predicted molar refractivity (Wildman–Crippen MR) is 96.8 cm³/mol. The molecule has 2 N–H and O–H groups in total. The van der Waals surface area contributed by atoms with E-state index in [4.69, 9.17) is 4.74 Å². The Morgan fingerprint density at radius 1 is 1.14 bits per heavy atom. The van der Waals surface area contributed by atoms with Crippen molar-refractivity contribution in [1.29, 1.82) is 0 Å². The van der Waals surface area contributed by atoms with Gasteiger partial charge in [-0.2, -0.15) is 0 Å². The normalized spacial score (nSPS) is 15.2. The number of benzene rings is 1. The van der Waals surface area contributed by atoms with E-state index in [1.807, 2.05) is 0 Å². The molecule has 0 atom stereocenters. The summed E-state index contributed by atoms with van der Waals surface area (Å²) in [4.78, 5) is 22.7. The van der Waals surface area contributed by atoms with Crippen LogP contribution in [-0.2, 0) is 24.3 Å². The van der Waals surface area contributed by atoms with Gasteiger partial charge in [0.25, 0.3) is 5.91 Å². The molecule has 28 heavy (non-hydrogen) atoms. The van der Waals surface area contributed by atoms with Crippen LogP contribution < -0.4 is 10.0 Å². The van der Waals surface area contributed by atoms with Gasteiger partial charge in [-0.15, -0.1) is 0 Å². The molecular weight excluding hydrogens is 394 g/mol. The minimum absolute atomic E-state index is 0.102. The third-order valence-corrected chi connectivity index (χ3v) is 5.86. The number of hydrogen-bond acceptors (Lipinski definition) is 5. The average molecular weight is 418 g/mol. The molecule has 0 aromatic heterocycles. The third-order valence-electron chi connectivity index (χ3n) is 4.37. The van der Waals surface area contributed by atoms with E-state index in [2.05, 4.69) is 10.0 Å². The van der Waals surface area contributed by atoms with Gasteiger partial charge < -0.3 is 10.1 Å². The number of sulfonamides is 1. The van der Waals surface area contributed by atoms with Crippen molar-refractivity contribution in [1.82, 2.24) is 10.0 Å². The van der Waals surface area contributed by atoms with Gasteiger partial charge in [-0.3, -0.25) is 9.59 Å². The fraction of sp³-hybridized carbons (Fsp3) is 0.556. The standard InChI is InChI=1S/C18H24F2N2O5S/c19-13-8-9-16(15(20)11-13)28(25,26)21-10-4-7-18(24)27-12-17(23)22-14-5-2-1-3-6-14/h8-9,11,14,21H,1-7,10,12H2,(H,22,23). The van der Waals surface area contributed by atoms with Crippen LogP contribution in [0.5, 0.6) is 0 Å². The molecule has 1 amide bonds. The molecule has 1 aromatic carbocycles. The van der Waals surface area contributed by atoms with Crippen LogP contribution in [0.2, 0.25) is 0 Å². The smallest absolute Gasteiger partial charge is 0.306 e. The summed E-state index contributed by atoms with van der Waals surface area (Å²) in [5, 5.41) is 2.82. The lowest BCUT2D eigenvalue weighted by atomic mass is 9.95. The predicted octanol–water partition coefficient (Wildman–Crippen LogP) is 2.02. The zero-order chi connectivity index (χ0) is 20.6. The van der Waals surface area contributed by atoms with Crippen LogP contribution in [0, 0.1) is 11.6 Å². The van der Waals surface area contributed by atoms with Crippen molar-refractivity contribution in [2.24, 2.45) is 0 Å². The largest absolute Gasteiger partial charge is 0.456 e. The van der Waals surface area contributed by atoms with Gasteiger partial charge in [0.05, 0.1) is 0 Å². The summed E-state index contributed by atoms with van der Waals surface area (Å²) in [6.07, 6.45) is 5.16. The lowest BCUT2D eigenvalue weighted by molar-refractivity contribution is -0.148. The molecule has 0 aliphatic heterocycles. The van der Waals surface area contributed by atoms with Gasteiger partial charge in [0.2, 0.25) is 10.0 Å². The Labute approximate surface area is 162 Å². The first-order valence-electron chi connectivity index (χ1n) is 9.17. The molecule has 10 heteroatoms. The van der Waals surface area contributed by atoms with Gasteiger partial charge in [0, 0.05) is 25.1 Å². The summed E-state index contributed by atoms with van der Waals surface area (Å²) in [6.45, 7) is -0.510. The molecule has 2 rings (SSSR count). The number of amides is 1. The molecule has 1 aliphatic carbocycles. The summed E-state index contributed by atoms with van der Waals surface area (Å²) in [7, 11) is -4.16. The number of ether oxygens (including phenoxy) is 1. The summed E-state index contributed by atoms with van der Waals surface area (Å²) in [5.41, 5.74) is 0. The van der Waals surface area contributed by atoms with E-state index in [1.54, 1.807) is 0 Å². The van der Waals surface area contributed by atoms with Crippen LogP contribution in [0.4, 0.5) is 8.78 Å². The molecule has 0 heterocycles. The van der Waals surface area contributed by atoms with Crippen LogP contribution in [0.15, 0.2) is 23.1 Å². The molecule has 1 saturated carbocycles. The first kappa shape index (κ1) is 22.2. The van der Waals surface area contributed by atoms with Crippen molar-refractivity contribution in [3.8, 4) is 0 Å². The second-order valence-corrected chi connectivity index (χ2v) is 8.37. The molecule has 0 unspecified atom stereocenters. The topological polar surface area (TPSA) is 102 Å². The Morgan fingerprint density at radius 3 is 2.54 bits per heavy atom. The SMILES string of the molecule is O=C(COC(=O)CCCNS(=O)(=O)c1ccc(F)cc1F)NC1CCCCC1. The van der Waals surface area contributed by atoms with Gasteiger partial charge in [-0.25, -0.2) is 21.9 Å². The molecule has 1 fully saturated rings. The van der Waals surface area contributed by atoms with Crippen LogP contribution in [0.1, 0.15) is 44.9 Å². The van der Waals surface area contributed by atoms with Gasteiger partial charge in [0.15, 0.2) is 6.61 Å². The van der Waals surface area contributed by atoms with Crippen molar-refractivity contribution < 1.29 is 31.5 Å². The number of carbonyl (C=O) groups excluding carboxylic acids is 2. The summed E-state index contributed by atoms with van der Waals surface area (Å²) in [6, 6.07) is 2.27. The van der Waals surface area contributed by atoms with Crippen molar-refractivity contribution in [2.45, 2.75) is 55.9 Å². The fourth-order valence-corrected chi connectivity index (χ4v) is 4.08. The minimum atomic E-state index is -4.16. The number of halogens is 2. The molecule has 1 aliphatic rings. The van der Waals surface area contributed by atoms with Gasteiger partial charge in [-0.05, 0) is 31.4 Å². The maximum atomic E-state index is 13.6. The summed E-state index contributed by atoms with van der Waals surface area (Å²) < 4.78 is 57.4. The lowest BCUT2D eigenvalue weighted by Crippen LogP contribution is -2.38.